The fraction of sp³-hybridized carbons (Fsp3) is 0.235. The number of hydrogen-bond acceptors (Lipinski definition) is 4. The molecular weight excluding hydrogens is 274 g/mol. The third-order valence-corrected chi connectivity index (χ3v) is 3.52. The van der Waals surface area contributed by atoms with E-state index >= 15 is 0 Å². The molecule has 0 aliphatic heterocycles. The van der Waals surface area contributed by atoms with E-state index in [1.165, 1.54) is 5.56 Å². The summed E-state index contributed by atoms with van der Waals surface area (Å²) >= 11 is 0. The molecule has 0 aromatic carbocycles. The maximum Gasteiger partial charge on any atom is 0.148 e. The first kappa shape index (κ1) is 14.3. The number of pyridine rings is 2. The fourth-order valence-corrected chi connectivity index (χ4v) is 2.28. The van der Waals surface area contributed by atoms with Crippen molar-refractivity contribution < 1.29 is 0 Å². The third kappa shape index (κ3) is 3.69. The molecule has 0 saturated heterocycles. The van der Waals surface area contributed by atoms with Crippen LogP contribution in [-0.4, -0.2) is 19.7 Å². The van der Waals surface area contributed by atoms with Gasteiger partial charge in [0.15, 0.2) is 0 Å². The number of nitrogens with zero attached hydrogens (tertiary/aromatic N) is 4. The van der Waals surface area contributed by atoms with E-state index in [-0.39, 0.29) is 6.04 Å². The minimum Gasteiger partial charge on any atom is -0.361 e. The molecule has 0 aliphatic rings. The average molecular weight is 293 g/mol. The van der Waals surface area contributed by atoms with Gasteiger partial charge >= 0.3 is 0 Å². The number of hydrogen-bond donors (Lipinski definition) is 1. The Hall–Kier alpha value is -2.69. The Morgan fingerprint density at radius 1 is 1.09 bits per heavy atom. The van der Waals surface area contributed by atoms with E-state index in [0.717, 1.165) is 24.5 Å². The second kappa shape index (κ2) is 6.85. The maximum atomic E-state index is 4.55. The van der Waals surface area contributed by atoms with Crippen LogP contribution >= 0.6 is 0 Å². The topological polar surface area (TPSA) is 55.6 Å². The van der Waals surface area contributed by atoms with E-state index in [2.05, 4.69) is 27.3 Å². The minimum atomic E-state index is 0.129. The number of nitrogens with one attached hydrogen (secondary N) is 1. The number of rotatable bonds is 6. The first-order valence-corrected chi connectivity index (χ1v) is 7.41. The first-order valence-electron chi connectivity index (χ1n) is 7.41. The summed E-state index contributed by atoms with van der Waals surface area (Å²) in [6.45, 7) is 2.93. The van der Waals surface area contributed by atoms with E-state index < -0.39 is 0 Å². The van der Waals surface area contributed by atoms with Gasteiger partial charge in [0, 0.05) is 37.4 Å². The molecule has 3 rings (SSSR count). The van der Waals surface area contributed by atoms with E-state index in [1.54, 1.807) is 6.20 Å². The highest BCUT2D eigenvalue weighted by molar-refractivity contribution is 5.35. The van der Waals surface area contributed by atoms with E-state index in [0.29, 0.717) is 0 Å². The summed E-state index contributed by atoms with van der Waals surface area (Å²) in [6.07, 6.45) is 8.38. The summed E-state index contributed by atoms with van der Waals surface area (Å²) < 4.78 is 1.95. The Bertz CT molecular complexity index is 693. The van der Waals surface area contributed by atoms with Crippen LogP contribution in [0.4, 0.5) is 5.82 Å². The van der Waals surface area contributed by atoms with Gasteiger partial charge in [-0.3, -0.25) is 14.6 Å². The van der Waals surface area contributed by atoms with Crippen LogP contribution in [0.3, 0.4) is 0 Å². The quantitative estimate of drug-likeness (QED) is 0.759. The minimum absolute atomic E-state index is 0.129. The highest BCUT2D eigenvalue weighted by Gasteiger charge is 2.07. The molecule has 0 fully saturated rings. The molecule has 1 unspecified atom stereocenters. The Morgan fingerprint density at radius 2 is 1.95 bits per heavy atom. The average Bonchev–Trinajstić information content (AvgIpc) is 3.02. The van der Waals surface area contributed by atoms with Crippen LogP contribution < -0.4 is 5.32 Å². The summed E-state index contributed by atoms with van der Waals surface area (Å²) in [7, 11) is 0. The molecule has 0 saturated carbocycles. The SMILES string of the molecule is CC(Nc1ccn(CCc2ccncc2)n1)c1ccccn1. The Balaban J connectivity index is 1.57. The summed E-state index contributed by atoms with van der Waals surface area (Å²) in [5.41, 5.74) is 2.27. The summed E-state index contributed by atoms with van der Waals surface area (Å²) in [6, 6.07) is 12.1. The van der Waals surface area contributed by atoms with Gasteiger partial charge in [-0.15, -0.1) is 0 Å². The zero-order chi connectivity index (χ0) is 15.2. The lowest BCUT2D eigenvalue weighted by Crippen LogP contribution is -2.09. The smallest absolute Gasteiger partial charge is 0.148 e. The lowest BCUT2D eigenvalue weighted by Gasteiger charge is -2.12. The van der Waals surface area contributed by atoms with Crippen molar-refractivity contribution in [3.63, 3.8) is 0 Å². The molecular formula is C17H19N5. The molecule has 0 bridgehead atoms. The van der Waals surface area contributed by atoms with Gasteiger partial charge in [-0.25, -0.2) is 0 Å². The van der Waals surface area contributed by atoms with Crippen LogP contribution in [0.25, 0.3) is 0 Å². The Labute approximate surface area is 130 Å². The van der Waals surface area contributed by atoms with Crippen molar-refractivity contribution in [2.24, 2.45) is 0 Å². The third-order valence-electron chi connectivity index (χ3n) is 3.52. The number of anilines is 1. The maximum absolute atomic E-state index is 4.55. The van der Waals surface area contributed by atoms with Crippen molar-refractivity contribution >= 4 is 5.82 Å². The molecule has 0 radical (unpaired) electrons. The molecule has 3 aromatic rings. The highest BCUT2D eigenvalue weighted by atomic mass is 15.3. The van der Waals surface area contributed by atoms with Crippen molar-refractivity contribution in [3.05, 3.63) is 72.4 Å². The van der Waals surface area contributed by atoms with Crippen molar-refractivity contribution in [3.8, 4) is 0 Å². The van der Waals surface area contributed by atoms with Crippen LogP contribution in [0.1, 0.15) is 24.2 Å². The van der Waals surface area contributed by atoms with Gasteiger partial charge in [0.05, 0.1) is 11.7 Å². The second-order valence-electron chi connectivity index (χ2n) is 5.19. The van der Waals surface area contributed by atoms with Gasteiger partial charge in [-0.1, -0.05) is 6.07 Å². The van der Waals surface area contributed by atoms with Gasteiger partial charge in [0.25, 0.3) is 0 Å². The first-order chi connectivity index (χ1) is 10.8. The van der Waals surface area contributed by atoms with Crippen LogP contribution in [0.2, 0.25) is 0 Å². The van der Waals surface area contributed by atoms with Crippen LogP contribution in [-0.2, 0) is 13.0 Å². The molecule has 5 heteroatoms. The number of aromatic nitrogens is 4. The summed E-state index contributed by atoms with van der Waals surface area (Å²) in [5.74, 6) is 0.868. The van der Waals surface area contributed by atoms with Crippen molar-refractivity contribution in [2.75, 3.05) is 5.32 Å². The molecule has 0 spiro atoms. The van der Waals surface area contributed by atoms with Gasteiger partial charge in [-0.2, -0.15) is 5.10 Å². The largest absolute Gasteiger partial charge is 0.361 e. The molecule has 3 aromatic heterocycles. The van der Waals surface area contributed by atoms with Crippen molar-refractivity contribution in [1.29, 1.82) is 0 Å². The van der Waals surface area contributed by atoms with Crippen LogP contribution in [0, 0.1) is 0 Å². The monoisotopic (exact) mass is 293 g/mol. The van der Waals surface area contributed by atoms with Crippen LogP contribution in [0.5, 0.6) is 0 Å². The molecule has 0 aliphatic carbocycles. The lowest BCUT2D eigenvalue weighted by molar-refractivity contribution is 0.614. The number of aryl methyl sites for hydroxylation is 2. The highest BCUT2D eigenvalue weighted by Crippen LogP contribution is 2.15. The Morgan fingerprint density at radius 3 is 2.73 bits per heavy atom. The zero-order valence-corrected chi connectivity index (χ0v) is 12.6. The van der Waals surface area contributed by atoms with Gasteiger partial charge in [0.2, 0.25) is 0 Å². The lowest BCUT2D eigenvalue weighted by atomic mass is 10.2. The van der Waals surface area contributed by atoms with Crippen LogP contribution in [0.15, 0.2) is 61.2 Å². The van der Waals surface area contributed by atoms with E-state index in [4.69, 9.17) is 0 Å². The Kier molecular flexibility index (Phi) is 4.44. The standard InChI is InChI=1S/C17H19N5/c1-14(16-4-2-3-9-19-16)20-17-8-13-22(21-17)12-7-15-5-10-18-11-6-15/h2-6,8-11,13-14H,7,12H2,1H3,(H,20,21). The molecule has 3 heterocycles. The van der Waals surface area contributed by atoms with E-state index in [9.17, 15) is 0 Å². The molecule has 0 amide bonds. The van der Waals surface area contributed by atoms with Crippen molar-refractivity contribution in [1.82, 2.24) is 19.7 Å². The second-order valence-corrected chi connectivity index (χ2v) is 5.19. The molecule has 1 atom stereocenters. The molecule has 5 nitrogen and oxygen atoms in total. The molecule has 112 valence electrons. The normalized spacial score (nSPS) is 12.0. The van der Waals surface area contributed by atoms with Gasteiger partial charge in [0.1, 0.15) is 5.82 Å². The fourth-order valence-electron chi connectivity index (χ4n) is 2.28. The molecule has 22 heavy (non-hydrogen) atoms. The summed E-state index contributed by atoms with van der Waals surface area (Å²) in [5, 5.41) is 7.93. The predicted octanol–water partition coefficient (Wildman–Crippen LogP) is 3.09. The zero-order valence-electron chi connectivity index (χ0n) is 12.6. The van der Waals surface area contributed by atoms with Gasteiger partial charge < -0.3 is 5.32 Å². The van der Waals surface area contributed by atoms with E-state index in [1.807, 2.05) is 59.7 Å². The van der Waals surface area contributed by atoms with Crippen molar-refractivity contribution in [2.45, 2.75) is 25.9 Å². The summed E-state index contributed by atoms with van der Waals surface area (Å²) in [4.78, 5) is 8.38. The predicted molar refractivity (Wildman–Crippen MR) is 86.4 cm³/mol. The van der Waals surface area contributed by atoms with Gasteiger partial charge in [-0.05, 0) is 43.2 Å². The molecule has 1 N–H and O–H groups in total.